The summed E-state index contributed by atoms with van der Waals surface area (Å²) in [5.74, 6) is 0.830. The summed E-state index contributed by atoms with van der Waals surface area (Å²) in [5.41, 5.74) is 2.53. The minimum absolute atomic E-state index is 0.608. The first-order valence-electron chi connectivity index (χ1n) is 7.44. The molecule has 0 radical (unpaired) electrons. The van der Waals surface area contributed by atoms with Crippen LogP contribution in [0.2, 0.25) is 0 Å². The highest BCUT2D eigenvalue weighted by molar-refractivity contribution is 6.06. The van der Waals surface area contributed by atoms with Gasteiger partial charge in [-0.3, -0.25) is 0 Å². The summed E-state index contributed by atoms with van der Waals surface area (Å²) in [5, 5.41) is 3.12. The van der Waals surface area contributed by atoms with Gasteiger partial charge < -0.3 is 4.42 Å². The van der Waals surface area contributed by atoms with Crippen LogP contribution in [-0.2, 0) is 0 Å². The molecule has 2 aromatic carbocycles. The maximum atomic E-state index is 5.86. The average Bonchev–Trinajstić information content (AvgIpc) is 3.00. The van der Waals surface area contributed by atoms with Crippen LogP contribution < -0.4 is 4.57 Å². The fourth-order valence-corrected chi connectivity index (χ4v) is 3.07. The number of pyridine rings is 1. The van der Waals surface area contributed by atoms with Crippen LogP contribution in [0.25, 0.3) is 38.8 Å². The molecule has 4 heteroatoms. The van der Waals surface area contributed by atoms with E-state index in [2.05, 4.69) is 32.7 Å². The smallest absolute Gasteiger partial charge is 0.343 e. The molecule has 0 bridgehead atoms. The highest BCUT2D eigenvalue weighted by Crippen LogP contribution is 2.29. The minimum atomic E-state index is 0.608. The minimum Gasteiger partial charge on any atom is -0.437 e. The largest absolute Gasteiger partial charge is 0.437 e. The first-order valence-corrected chi connectivity index (χ1v) is 7.44. The Bertz CT molecular complexity index is 1170. The van der Waals surface area contributed by atoms with Gasteiger partial charge in [0.05, 0.1) is 6.20 Å². The lowest BCUT2D eigenvalue weighted by atomic mass is 10.2. The molecular formula is C19H12N3O+. The SMILES string of the molecule is c1ccc2c(c1)ccc[n+]2-c1ncnc2oc3ccccc3c12. The molecule has 3 aromatic heterocycles. The number of para-hydroxylation sites is 2. The zero-order valence-electron chi connectivity index (χ0n) is 12.2. The second-order valence-corrected chi connectivity index (χ2v) is 5.41. The third kappa shape index (κ3) is 1.75. The van der Waals surface area contributed by atoms with Gasteiger partial charge in [0.25, 0.3) is 0 Å². The van der Waals surface area contributed by atoms with E-state index in [1.807, 2.05) is 48.7 Å². The molecule has 0 saturated heterocycles. The summed E-state index contributed by atoms with van der Waals surface area (Å²) < 4.78 is 7.95. The van der Waals surface area contributed by atoms with Crippen molar-refractivity contribution < 1.29 is 8.98 Å². The Kier molecular flexibility index (Phi) is 2.46. The normalized spacial score (nSPS) is 11.5. The number of hydrogen-bond acceptors (Lipinski definition) is 3. The van der Waals surface area contributed by atoms with Gasteiger partial charge in [0.1, 0.15) is 16.5 Å². The first kappa shape index (κ1) is 12.3. The van der Waals surface area contributed by atoms with Gasteiger partial charge in [0.15, 0.2) is 0 Å². The fraction of sp³-hybridized carbons (Fsp3) is 0. The number of nitrogens with zero attached hydrogens (tertiary/aromatic N) is 3. The molecule has 5 rings (SSSR count). The van der Waals surface area contributed by atoms with Crippen LogP contribution in [0.4, 0.5) is 0 Å². The zero-order chi connectivity index (χ0) is 15.2. The van der Waals surface area contributed by atoms with Crippen molar-refractivity contribution >= 4 is 33.0 Å². The molecule has 23 heavy (non-hydrogen) atoms. The maximum Gasteiger partial charge on any atom is 0.343 e. The van der Waals surface area contributed by atoms with E-state index in [-0.39, 0.29) is 0 Å². The molecule has 0 fully saturated rings. The van der Waals surface area contributed by atoms with Gasteiger partial charge in [-0.05, 0) is 29.2 Å². The summed E-state index contributed by atoms with van der Waals surface area (Å²) in [7, 11) is 0. The number of furan rings is 1. The molecule has 0 unspecified atom stereocenters. The van der Waals surface area contributed by atoms with Crippen molar-refractivity contribution in [1.82, 2.24) is 9.97 Å². The lowest BCUT2D eigenvalue weighted by Gasteiger charge is -2.02. The molecule has 0 aliphatic rings. The van der Waals surface area contributed by atoms with E-state index in [1.54, 1.807) is 6.33 Å². The molecule has 0 atom stereocenters. The van der Waals surface area contributed by atoms with Crippen molar-refractivity contribution in [2.45, 2.75) is 0 Å². The molecule has 0 aliphatic heterocycles. The molecule has 4 nitrogen and oxygen atoms in total. The van der Waals surface area contributed by atoms with Crippen molar-refractivity contribution in [3.8, 4) is 5.82 Å². The van der Waals surface area contributed by atoms with Gasteiger partial charge in [0, 0.05) is 10.8 Å². The first-order chi connectivity index (χ1) is 11.4. The van der Waals surface area contributed by atoms with Crippen molar-refractivity contribution in [2.24, 2.45) is 0 Å². The van der Waals surface area contributed by atoms with Crippen LogP contribution in [0, 0.1) is 0 Å². The van der Waals surface area contributed by atoms with E-state index >= 15 is 0 Å². The monoisotopic (exact) mass is 298 g/mol. The molecule has 0 aliphatic carbocycles. The van der Waals surface area contributed by atoms with Crippen LogP contribution in [0.15, 0.2) is 77.6 Å². The Morgan fingerprint density at radius 3 is 2.65 bits per heavy atom. The summed E-state index contributed by atoms with van der Waals surface area (Å²) in [6.07, 6.45) is 3.57. The van der Waals surface area contributed by atoms with Crippen LogP contribution in [0.3, 0.4) is 0 Å². The summed E-state index contributed by atoms with van der Waals surface area (Å²) in [6.45, 7) is 0. The van der Waals surface area contributed by atoms with Gasteiger partial charge in [-0.1, -0.05) is 36.4 Å². The fourth-order valence-electron chi connectivity index (χ4n) is 3.07. The molecule has 108 valence electrons. The quantitative estimate of drug-likeness (QED) is 0.442. The lowest BCUT2D eigenvalue weighted by Crippen LogP contribution is -2.32. The second-order valence-electron chi connectivity index (χ2n) is 5.41. The van der Waals surface area contributed by atoms with Crippen molar-refractivity contribution in [3.05, 3.63) is 73.2 Å². The molecule has 0 spiro atoms. The maximum absolute atomic E-state index is 5.86. The summed E-state index contributed by atoms with van der Waals surface area (Å²) in [6, 6.07) is 20.3. The predicted molar refractivity (Wildman–Crippen MR) is 88.3 cm³/mol. The van der Waals surface area contributed by atoms with Crippen LogP contribution >= 0.6 is 0 Å². The van der Waals surface area contributed by atoms with Gasteiger partial charge >= 0.3 is 5.82 Å². The third-order valence-electron chi connectivity index (χ3n) is 4.09. The molecule has 5 aromatic rings. The van der Waals surface area contributed by atoms with Crippen molar-refractivity contribution in [2.75, 3.05) is 0 Å². The van der Waals surface area contributed by atoms with Gasteiger partial charge in [-0.15, -0.1) is 0 Å². The topological polar surface area (TPSA) is 42.8 Å². The van der Waals surface area contributed by atoms with E-state index in [1.165, 1.54) is 0 Å². The van der Waals surface area contributed by atoms with Gasteiger partial charge in [0.2, 0.25) is 12.0 Å². The molecule has 3 heterocycles. The number of benzene rings is 2. The van der Waals surface area contributed by atoms with E-state index in [0.29, 0.717) is 5.71 Å². The Hall–Kier alpha value is -3.27. The standard InChI is InChI=1S/C19H12N3O/c1-3-9-15-13(6-1)7-5-11-22(15)18-17-14-8-2-4-10-16(14)23-19(17)21-12-20-18/h1-12H/q+1. The number of rotatable bonds is 1. The number of aromatic nitrogens is 3. The van der Waals surface area contributed by atoms with Crippen LogP contribution in [0.1, 0.15) is 0 Å². The third-order valence-corrected chi connectivity index (χ3v) is 4.09. The predicted octanol–water partition coefficient (Wildman–Crippen LogP) is 3.81. The Labute approximate surface area is 131 Å². The van der Waals surface area contributed by atoms with E-state index in [0.717, 1.165) is 33.1 Å². The number of hydrogen-bond donors (Lipinski definition) is 0. The molecule has 0 saturated carbocycles. The highest BCUT2D eigenvalue weighted by atomic mass is 16.3. The van der Waals surface area contributed by atoms with Crippen LogP contribution in [-0.4, -0.2) is 9.97 Å². The van der Waals surface area contributed by atoms with Gasteiger partial charge in [-0.25, -0.2) is 0 Å². The summed E-state index contributed by atoms with van der Waals surface area (Å²) >= 11 is 0. The number of fused-ring (bicyclic) bond motifs is 4. The van der Waals surface area contributed by atoms with E-state index < -0.39 is 0 Å². The Morgan fingerprint density at radius 1 is 0.826 bits per heavy atom. The van der Waals surface area contributed by atoms with Crippen molar-refractivity contribution in [3.63, 3.8) is 0 Å². The highest BCUT2D eigenvalue weighted by Gasteiger charge is 2.21. The van der Waals surface area contributed by atoms with E-state index in [4.69, 9.17) is 4.42 Å². The van der Waals surface area contributed by atoms with E-state index in [9.17, 15) is 0 Å². The zero-order valence-corrected chi connectivity index (χ0v) is 12.2. The Balaban J connectivity index is 1.96. The molecule has 0 amide bonds. The van der Waals surface area contributed by atoms with Crippen LogP contribution in [0.5, 0.6) is 0 Å². The average molecular weight is 298 g/mol. The second kappa shape index (κ2) is 4.61. The molecule has 0 N–H and O–H groups in total. The Morgan fingerprint density at radius 2 is 1.65 bits per heavy atom. The lowest BCUT2D eigenvalue weighted by molar-refractivity contribution is -0.569. The summed E-state index contributed by atoms with van der Waals surface area (Å²) in [4.78, 5) is 8.84. The molecular weight excluding hydrogens is 286 g/mol. The van der Waals surface area contributed by atoms with Gasteiger partial charge in [-0.2, -0.15) is 9.55 Å². The van der Waals surface area contributed by atoms with Crippen molar-refractivity contribution in [1.29, 1.82) is 0 Å².